The van der Waals surface area contributed by atoms with E-state index in [1.807, 2.05) is 43.5 Å². The minimum Gasteiger partial charge on any atom is -0.315 e. The number of amides is 1. The van der Waals surface area contributed by atoms with Crippen LogP contribution >= 0.6 is 11.6 Å². The molecular weight excluding hydrogens is 408 g/mol. The van der Waals surface area contributed by atoms with Crippen LogP contribution < -0.4 is 0 Å². The van der Waals surface area contributed by atoms with Crippen LogP contribution in [0.15, 0.2) is 47.7 Å². The summed E-state index contributed by atoms with van der Waals surface area (Å²) < 4.78 is 0. The summed E-state index contributed by atoms with van der Waals surface area (Å²) in [6.07, 6.45) is 8.05. The summed E-state index contributed by atoms with van der Waals surface area (Å²) >= 11 is 6.35. The van der Waals surface area contributed by atoms with Crippen molar-refractivity contribution < 1.29 is 9.59 Å². The molecule has 4 nitrogen and oxygen atoms in total. The lowest BCUT2D eigenvalue weighted by molar-refractivity contribution is -0.131. The summed E-state index contributed by atoms with van der Waals surface area (Å²) in [5, 5.41) is 9.77. The summed E-state index contributed by atoms with van der Waals surface area (Å²) in [6.45, 7) is 4.66. The number of ketones is 1. The first-order chi connectivity index (χ1) is 14.8. The highest BCUT2D eigenvalue weighted by molar-refractivity contribution is 6.31. The highest BCUT2D eigenvalue weighted by Gasteiger charge is 2.53. The normalized spacial score (nSPS) is 30.5. The molecule has 0 N–H and O–H groups in total. The third kappa shape index (κ3) is 3.96. The molecule has 4 atom stereocenters. The second-order valence-corrected chi connectivity index (χ2v) is 9.87. The molecule has 1 aromatic rings. The Morgan fingerprint density at radius 3 is 2.77 bits per heavy atom. The first kappa shape index (κ1) is 21.8. The van der Waals surface area contributed by atoms with Crippen LogP contribution in [0.4, 0.5) is 0 Å². The molecule has 3 aliphatic rings. The summed E-state index contributed by atoms with van der Waals surface area (Å²) in [5.41, 5.74) is 2.91. The van der Waals surface area contributed by atoms with Crippen molar-refractivity contribution in [3.8, 4) is 6.07 Å². The Bertz CT molecular complexity index is 1000. The molecule has 31 heavy (non-hydrogen) atoms. The maximum Gasteiger partial charge on any atom is 0.226 e. The van der Waals surface area contributed by atoms with Crippen LogP contribution in [0.25, 0.3) is 0 Å². The van der Waals surface area contributed by atoms with Crippen molar-refractivity contribution in [1.29, 1.82) is 5.26 Å². The number of carbonyl (C=O) groups excluding carboxylic acids is 2. The van der Waals surface area contributed by atoms with Gasteiger partial charge in [0.1, 0.15) is 0 Å². The zero-order valence-corrected chi connectivity index (χ0v) is 19.0. The van der Waals surface area contributed by atoms with Gasteiger partial charge in [-0.1, -0.05) is 42.3 Å². The van der Waals surface area contributed by atoms with E-state index in [0.29, 0.717) is 30.8 Å². The van der Waals surface area contributed by atoms with E-state index in [4.69, 9.17) is 16.9 Å². The van der Waals surface area contributed by atoms with Crippen LogP contribution in [0.3, 0.4) is 0 Å². The molecule has 5 heteroatoms. The molecule has 0 aromatic heterocycles. The number of carbonyl (C=O) groups is 2. The fourth-order valence-corrected chi connectivity index (χ4v) is 6.26. The van der Waals surface area contributed by atoms with Crippen LogP contribution in [0.2, 0.25) is 5.02 Å². The largest absolute Gasteiger partial charge is 0.315 e. The maximum atomic E-state index is 13.2. The van der Waals surface area contributed by atoms with E-state index < -0.39 is 0 Å². The van der Waals surface area contributed by atoms with Crippen LogP contribution in [0.5, 0.6) is 0 Å². The SMILES string of the molecule is CC1=CC(=O)C2C(CCC3=CN(Cc4ccccc4Cl)C(=O)CCC32C)C1CCC#N. The molecule has 4 rings (SSSR count). The number of nitrogens with zero attached hydrogens (tertiary/aromatic N) is 2. The van der Waals surface area contributed by atoms with Crippen molar-refractivity contribution in [3.05, 3.63) is 58.3 Å². The van der Waals surface area contributed by atoms with Crippen molar-refractivity contribution in [1.82, 2.24) is 4.90 Å². The fraction of sp³-hybridized carbons (Fsp3) is 0.500. The predicted octanol–water partition coefficient (Wildman–Crippen LogP) is 5.83. The standard InChI is InChI=1S/C26H29ClN2O2/c1-17-14-23(30)25-21(20(17)7-5-13-28)10-9-19-16-29(24(31)11-12-26(19,25)2)15-18-6-3-4-8-22(18)27/h3-4,6,8,14,16,20-21,25H,5,7,9-12,15H2,1-2H3. The molecule has 0 spiro atoms. The molecule has 0 radical (unpaired) electrons. The lowest BCUT2D eigenvalue weighted by Gasteiger charge is -2.51. The van der Waals surface area contributed by atoms with Gasteiger partial charge in [0.05, 0.1) is 12.6 Å². The number of halogens is 1. The maximum absolute atomic E-state index is 13.2. The first-order valence-corrected chi connectivity index (χ1v) is 11.6. The third-order valence-corrected chi connectivity index (χ3v) is 8.10. The quantitative estimate of drug-likeness (QED) is 0.596. The Morgan fingerprint density at radius 2 is 2.03 bits per heavy atom. The zero-order valence-electron chi connectivity index (χ0n) is 18.2. The molecule has 162 valence electrons. The minimum atomic E-state index is -0.326. The molecule has 0 saturated heterocycles. The molecule has 1 aromatic carbocycles. The molecule has 1 heterocycles. The number of fused-ring (bicyclic) bond motifs is 3. The van der Waals surface area contributed by atoms with E-state index in [1.54, 1.807) is 4.90 Å². The first-order valence-electron chi connectivity index (χ1n) is 11.2. The molecule has 2 aliphatic carbocycles. The van der Waals surface area contributed by atoms with Gasteiger partial charge in [0.15, 0.2) is 5.78 Å². The van der Waals surface area contributed by atoms with E-state index in [9.17, 15) is 9.59 Å². The minimum absolute atomic E-state index is 0.0793. The Balaban J connectivity index is 1.67. The van der Waals surface area contributed by atoms with Gasteiger partial charge in [-0.2, -0.15) is 5.26 Å². The predicted molar refractivity (Wildman–Crippen MR) is 121 cm³/mol. The summed E-state index contributed by atoms with van der Waals surface area (Å²) in [7, 11) is 0. The van der Waals surface area contributed by atoms with E-state index in [2.05, 4.69) is 13.0 Å². The topological polar surface area (TPSA) is 61.2 Å². The van der Waals surface area contributed by atoms with Crippen LogP contribution in [0.1, 0.15) is 57.9 Å². The van der Waals surface area contributed by atoms with Gasteiger partial charge in [0.25, 0.3) is 0 Å². The van der Waals surface area contributed by atoms with Gasteiger partial charge in [0, 0.05) is 35.4 Å². The van der Waals surface area contributed by atoms with Gasteiger partial charge < -0.3 is 4.90 Å². The zero-order chi connectivity index (χ0) is 22.2. The lowest BCUT2D eigenvalue weighted by Crippen LogP contribution is -2.48. The third-order valence-electron chi connectivity index (χ3n) is 7.73. The Hall–Kier alpha value is -2.38. The van der Waals surface area contributed by atoms with Crippen molar-refractivity contribution in [2.24, 2.45) is 23.2 Å². The number of hydrogen-bond acceptors (Lipinski definition) is 3. The lowest BCUT2D eigenvalue weighted by atomic mass is 9.52. The van der Waals surface area contributed by atoms with E-state index in [1.165, 1.54) is 5.57 Å². The van der Waals surface area contributed by atoms with Gasteiger partial charge in [0.2, 0.25) is 5.91 Å². The number of allylic oxidation sites excluding steroid dienone is 3. The Labute approximate surface area is 189 Å². The van der Waals surface area contributed by atoms with E-state index in [0.717, 1.165) is 30.4 Å². The smallest absolute Gasteiger partial charge is 0.226 e. The highest BCUT2D eigenvalue weighted by atomic mass is 35.5. The molecule has 0 bridgehead atoms. The van der Waals surface area contributed by atoms with E-state index in [-0.39, 0.29) is 34.9 Å². The van der Waals surface area contributed by atoms with Crippen molar-refractivity contribution in [2.45, 2.75) is 58.9 Å². The van der Waals surface area contributed by atoms with E-state index >= 15 is 0 Å². The summed E-state index contributed by atoms with van der Waals surface area (Å²) in [5.74, 6) is 0.677. The molecule has 1 saturated carbocycles. The highest BCUT2D eigenvalue weighted by Crippen LogP contribution is 2.57. The number of hydrogen-bond donors (Lipinski definition) is 0. The fourth-order valence-electron chi connectivity index (χ4n) is 6.07. The molecule has 1 amide bonds. The second-order valence-electron chi connectivity index (χ2n) is 9.46. The second kappa shape index (κ2) is 8.63. The number of rotatable bonds is 4. The van der Waals surface area contributed by atoms with Crippen LogP contribution in [-0.2, 0) is 16.1 Å². The van der Waals surface area contributed by atoms with Crippen molar-refractivity contribution in [2.75, 3.05) is 0 Å². The van der Waals surface area contributed by atoms with Gasteiger partial charge >= 0.3 is 0 Å². The van der Waals surface area contributed by atoms with Gasteiger partial charge in [-0.3, -0.25) is 9.59 Å². The number of nitriles is 1. The average molecular weight is 437 g/mol. The van der Waals surface area contributed by atoms with Crippen LogP contribution in [-0.4, -0.2) is 16.6 Å². The Morgan fingerprint density at radius 1 is 1.26 bits per heavy atom. The van der Waals surface area contributed by atoms with Crippen LogP contribution in [0, 0.1) is 34.5 Å². The number of benzene rings is 1. The van der Waals surface area contributed by atoms with Gasteiger partial charge in [-0.05, 0) is 67.7 Å². The molecule has 4 unspecified atom stereocenters. The van der Waals surface area contributed by atoms with Gasteiger partial charge in [-0.25, -0.2) is 0 Å². The van der Waals surface area contributed by atoms with Crippen molar-refractivity contribution in [3.63, 3.8) is 0 Å². The summed E-state index contributed by atoms with van der Waals surface area (Å²) in [6, 6.07) is 9.89. The molecular formula is C26H29ClN2O2. The Kier molecular flexibility index (Phi) is 6.08. The monoisotopic (exact) mass is 436 g/mol. The molecule has 1 aliphatic heterocycles. The molecule has 1 fully saturated rings. The summed E-state index contributed by atoms with van der Waals surface area (Å²) in [4.78, 5) is 28.1. The average Bonchev–Trinajstić information content (AvgIpc) is 2.86. The van der Waals surface area contributed by atoms with Crippen molar-refractivity contribution >= 4 is 23.3 Å². The van der Waals surface area contributed by atoms with Gasteiger partial charge in [-0.15, -0.1) is 0 Å².